The highest BCUT2D eigenvalue weighted by Crippen LogP contribution is 2.27. The van der Waals surface area contributed by atoms with Gasteiger partial charge in [0.15, 0.2) is 23.2 Å². The second kappa shape index (κ2) is 10.4. The highest BCUT2D eigenvalue weighted by atomic mass is 16.5. The molecule has 7 nitrogen and oxygen atoms in total. The van der Waals surface area contributed by atoms with Crippen LogP contribution in [0.15, 0.2) is 33.8 Å². The number of ether oxygens (including phenoxy) is 2. The van der Waals surface area contributed by atoms with Crippen LogP contribution in [0.3, 0.4) is 0 Å². The minimum Gasteiger partial charge on any atom is -0.493 e. The fraction of sp³-hybridized carbons (Fsp3) is 0.500. The predicted molar refractivity (Wildman–Crippen MR) is 107 cm³/mol. The van der Waals surface area contributed by atoms with Crippen LogP contribution in [0.4, 0.5) is 0 Å². The lowest BCUT2D eigenvalue weighted by atomic mass is 10.1. The molecule has 0 fully saturated rings. The van der Waals surface area contributed by atoms with Crippen molar-refractivity contribution in [3.05, 3.63) is 41.3 Å². The molecule has 0 aliphatic rings. The van der Waals surface area contributed by atoms with Crippen molar-refractivity contribution < 1.29 is 14.0 Å². The number of aliphatic imine (C=N–C) groups is 1. The van der Waals surface area contributed by atoms with Gasteiger partial charge < -0.3 is 24.6 Å². The largest absolute Gasteiger partial charge is 0.493 e. The molecule has 0 aliphatic carbocycles. The van der Waals surface area contributed by atoms with Crippen LogP contribution in [0.1, 0.15) is 43.7 Å². The first kappa shape index (κ1) is 20.6. The predicted octanol–water partition coefficient (Wildman–Crippen LogP) is 3.11. The quantitative estimate of drug-likeness (QED) is 0.518. The number of aromatic nitrogens is 1. The molecular weight excluding hydrogens is 344 g/mol. The van der Waals surface area contributed by atoms with Gasteiger partial charge in [-0.3, -0.25) is 0 Å². The summed E-state index contributed by atoms with van der Waals surface area (Å²) in [6.45, 7) is 8.20. The highest BCUT2D eigenvalue weighted by molar-refractivity contribution is 5.79. The molecule has 0 amide bonds. The van der Waals surface area contributed by atoms with Gasteiger partial charge in [0.05, 0.1) is 19.9 Å². The molecule has 1 aromatic carbocycles. The number of benzene rings is 1. The molecule has 0 bridgehead atoms. The van der Waals surface area contributed by atoms with Crippen LogP contribution < -0.4 is 20.1 Å². The summed E-state index contributed by atoms with van der Waals surface area (Å²) in [5.41, 5.74) is 2.11. The molecular formula is C20H30N4O3. The number of rotatable bonds is 9. The van der Waals surface area contributed by atoms with Gasteiger partial charge in [-0.1, -0.05) is 25.1 Å². The monoisotopic (exact) mass is 374 g/mol. The number of hydrogen-bond donors (Lipinski definition) is 2. The van der Waals surface area contributed by atoms with Crippen molar-refractivity contribution in [1.82, 2.24) is 15.8 Å². The van der Waals surface area contributed by atoms with E-state index in [1.165, 1.54) is 0 Å². The van der Waals surface area contributed by atoms with Crippen molar-refractivity contribution >= 4 is 5.96 Å². The van der Waals surface area contributed by atoms with Gasteiger partial charge in [-0.25, -0.2) is 4.99 Å². The Morgan fingerprint density at radius 2 is 1.93 bits per heavy atom. The van der Waals surface area contributed by atoms with E-state index >= 15 is 0 Å². The van der Waals surface area contributed by atoms with E-state index in [1.54, 1.807) is 14.2 Å². The van der Waals surface area contributed by atoms with E-state index in [4.69, 9.17) is 14.0 Å². The van der Waals surface area contributed by atoms with Gasteiger partial charge in [-0.15, -0.1) is 0 Å². The molecule has 0 atom stereocenters. The molecule has 7 heteroatoms. The first-order valence-electron chi connectivity index (χ1n) is 9.25. The van der Waals surface area contributed by atoms with Gasteiger partial charge in [0, 0.05) is 19.2 Å². The molecule has 27 heavy (non-hydrogen) atoms. The van der Waals surface area contributed by atoms with Gasteiger partial charge in [-0.2, -0.15) is 0 Å². The zero-order valence-electron chi connectivity index (χ0n) is 16.8. The van der Waals surface area contributed by atoms with E-state index in [2.05, 4.69) is 34.6 Å². The zero-order valence-corrected chi connectivity index (χ0v) is 16.8. The Labute approximate surface area is 161 Å². The fourth-order valence-corrected chi connectivity index (χ4v) is 2.54. The lowest BCUT2D eigenvalue weighted by Crippen LogP contribution is -2.38. The average molecular weight is 374 g/mol. The number of nitrogens with zero attached hydrogens (tertiary/aromatic N) is 2. The van der Waals surface area contributed by atoms with Gasteiger partial charge in [0.1, 0.15) is 6.54 Å². The zero-order chi connectivity index (χ0) is 19.6. The van der Waals surface area contributed by atoms with Crippen LogP contribution in [0.2, 0.25) is 0 Å². The minimum atomic E-state index is 0.347. The van der Waals surface area contributed by atoms with Crippen LogP contribution in [-0.4, -0.2) is 38.4 Å². The maximum Gasteiger partial charge on any atom is 0.191 e. The third kappa shape index (κ3) is 6.20. The van der Waals surface area contributed by atoms with Crippen LogP contribution in [0.5, 0.6) is 11.5 Å². The van der Waals surface area contributed by atoms with E-state index < -0.39 is 0 Å². The summed E-state index contributed by atoms with van der Waals surface area (Å²) in [5.74, 6) is 3.33. The van der Waals surface area contributed by atoms with Gasteiger partial charge >= 0.3 is 0 Å². The number of guanidine groups is 1. The van der Waals surface area contributed by atoms with Crippen LogP contribution >= 0.6 is 0 Å². The first-order chi connectivity index (χ1) is 13.1. The van der Waals surface area contributed by atoms with Gasteiger partial charge in [-0.05, 0) is 37.0 Å². The van der Waals surface area contributed by atoms with Crippen molar-refractivity contribution in [1.29, 1.82) is 0 Å². The Morgan fingerprint density at radius 1 is 1.15 bits per heavy atom. The second-order valence-corrected chi connectivity index (χ2v) is 6.43. The molecule has 0 spiro atoms. The van der Waals surface area contributed by atoms with E-state index in [1.807, 2.05) is 31.2 Å². The summed E-state index contributed by atoms with van der Waals surface area (Å²) in [7, 11) is 3.28. The third-order valence-electron chi connectivity index (χ3n) is 4.06. The fourth-order valence-electron chi connectivity index (χ4n) is 2.54. The molecule has 2 rings (SSSR count). The molecule has 0 aliphatic heterocycles. The van der Waals surface area contributed by atoms with Crippen molar-refractivity contribution in [2.24, 2.45) is 4.99 Å². The number of nitrogens with one attached hydrogen (secondary N) is 2. The Bertz CT molecular complexity index is 741. The number of methoxy groups -OCH3 is 2. The molecule has 0 unspecified atom stereocenters. The van der Waals surface area contributed by atoms with E-state index in [-0.39, 0.29) is 0 Å². The lowest BCUT2D eigenvalue weighted by Gasteiger charge is -2.12. The lowest BCUT2D eigenvalue weighted by molar-refractivity contribution is 0.354. The van der Waals surface area contributed by atoms with E-state index in [0.717, 1.165) is 54.0 Å². The Hall–Kier alpha value is -2.70. The van der Waals surface area contributed by atoms with E-state index in [0.29, 0.717) is 12.5 Å². The number of hydrogen-bond acceptors (Lipinski definition) is 5. The summed E-state index contributed by atoms with van der Waals surface area (Å²) in [5, 5.41) is 10.6. The molecule has 1 heterocycles. The summed E-state index contributed by atoms with van der Waals surface area (Å²) in [4.78, 5) is 4.56. The summed E-state index contributed by atoms with van der Waals surface area (Å²) in [6.07, 6.45) is 0.838. The Balaban J connectivity index is 1.91. The molecule has 0 saturated heterocycles. The Morgan fingerprint density at radius 3 is 2.56 bits per heavy atom. The van der Waals surface area contributed by atoms with Gasteiger partial charge in [0.25, 0.3) is 0 Å². The normalized spacial score (nSPS) is 11.6. The van der Waals surface area contributed by atoms with E-state index in [9.17, 15) is 0 Å². The first-order valence-corrected chi connectivity index (χ1v) is 9.25. The SMILES string of the molecule is CCNC(=NCc1cc(C(C)C)no1)NCCc1ccc(OC)c(OC)c1. The second-order valence-electron chi connectivity index (χ2n) is 6.43. The molecule has 0 saturated carbocycles. The highest BCUT2D eigenvalue weighted by Gasteiger charge is 2.08. The van der Waals surface area contributed by atoms with Crippen LogP contribution in [0, 0.1) is 0 Å². The van der Waals surface area contributed by atoms with Crippen LogP contribution in [-0.2, 0) is 13.0 Å². The molecule has 1 aromatic heterocycles. The maximum atomic E-state index is 5.35. The standard InChI is InChI=1S/C20H30N4O3/c1-6-21-20(23-13-16-12-17(14(2)3)24-27-16)22-10-9-15-7-8-18(25-4)19(11-15)26-5/h7-8,11-12,14H,6,9-10,13H2,1-5H3,(H2,21,22,23). The molecule has 148 valence electrons. The molecule has 2 aromatic rings. The summed E-state index contributed by atoms with van der Waals surface area (Å²) >= 11 is 0. The van der Waals surface area contributed by atoms with Gasteiger partial charge in [0.2, 0.25) is 0 Å². The molecule has 2 N–H and O–H groups in total. The van der Waals surface area contributed by atoms with Crippen molar-refractivity contribution in [2.75, 3.05) is 27.3 Å². The van der Waals surface area contributed by atoms with Crippen molar-refractivity contribution in [3.8, 4) is 11.5 Å². The smallest absolute Gasteiger partial charge is 0.191 e. The topological polar surface area (TPSA) is 80.9 Å². The van der Waals surface area contributed by atoms with Crippen molar-refractivity contribution in [3.63, 3.8) is 0 Å². The summed E-state index contributed by atoms with van der Waals surface area (Å²) in [6, 6.07) is 7.91. The molecule has 0 radical (unpaired) electrons. The average Bonchev–Trinajstić information content (AvgIpc) is 3.15. The summed E-state index contributed by atoms with van der Waals surface area (Å²) < 4.78 is 16.0. The maximum absolute atomic E-state index is 5.35. The Kier molecular flexibility index (Phi) is 7.98. The van der Waals surface area contributed by atoms with Crippen LogP contribution in [0.25, 0.3) is 0 Å². The minimum absolute atomic E-state index is 0.347. The third-order valence-corrected chi connectivity index (χ3v) is 4.06. The van der Waals surface area contributed by atoms with Crippen molar-refractivity contribution in [2.45, 2.75) is 39.7 Å².